The number of hydrogen-bond acceptors (Lipinski definition) is 5. The second kappa shape index (κ2) is 8.39. The summed E-state index contributed by atoms with van der Waals surface area (Å²) in [5, 5.41) is 9.47. The summed E-state index contributed by atoms with van der Waals surface area (Å²) in [5.74, 6) is -0.664. The summed E-state index contributed by atoms with van der Waals surface area (Å²) in [5.41, 5.74) is -1.27. The van der Waals surface area contributed by atoms with Gasteiger partial charge >= 0.3 is 7.67 Å². The Morgan fingerprint density at radius 1 is 0.897 bits per heavy atom. The lowest BCUT2D eigenvalue weighted by atomic mass is 9.81. The molecule has 0 N–H and O–H groups in total. The Bertz CT molecular complexity index is 841. The van der Waals surface area contributed by atoms with Crippen molar-refractivity contribution in [2.45, 2.75) is 41.5 Å². The second-order valence-corrected chi connectivity index (χ2v) is 12.2. The van der Waals surface area contributed by atoms with Crippen molar-refractivity contribution in [3.63, 3.8) is 0 Å². The van der Waals surface area contributed by atoms with E-state index in [-0.39, 0.29) is 34.0 Å². The van der Waals surface area contributed by atoms with Crippen LogP contribution in [-0.4, -0.2) is 49.1 Å². The molecule has 29 heavy (non-hydrogen) atoms. The standard InChI is InChI=1S/C21H32N3O4P/c1-20(2,3)18(25)15-11-14(13-22)12-16(19(26)21(4,5)6)17(15)28-29(27,23(7)8)24(9)10/h11-12H,1-10H3. The summed E-state index contributed by atoms with van der Waals surface area (Å²) in [6, 6.07) is 4.81. The summed E-state index contributed by atoms with van der Waals surface area (Å²) >= 11 is 0. The molecule has 0 aliphatic rings. The van der Waals surface area contributed by atoms with E-state index in [1.807, 2.05) is 6.07 Å². The van der Waals surface area contributed by atoms with Crippen LogP contribution in [0.15, 0.2) is 12.1 Å². The van der Waals surface area contributed by atoms with E-state index in [2.05, 4.69) is 0 Å². The maximum absolute atomic E-state index is 13.5. The van der Waals surface area contributed by atoms with Gasteiger partial charge in [0.1, 0.15) is 0 Å². The third kappa shape index (κ3) is 5.33. The van der Waals surface area contributed by atoms with Crippen LogP contribution >= 0.6 is 7.67 Å². The molecule has 0 saturated carbocycles. The molecule has 0 aliphatic carbocycles. The lowest BCUT2D eigenvalue weighted by Gasteiger charge is -2.32. The summed E-state index contributed by atoms with van der Waals surface area (Å²) in [6.07, 6.45) is 0. The van der Waals surface area contributed by atoms with E-state index < -0.39 is 18.5 Å². The zero-order chi connectivity index (χ0) is 22.9. The number of nitrogens with zero attached hydrogens (tertiary/aromatic N) is 3. The van der Waals surface area contributed by atoms with Crippen molar-refractivity contribution < 1.29 is 18.7 Å². The monoisotopic (exact) mass is 421 g/mol. The minimum absolute atomic E-state index is 0.0467. The SMILES string of the molecule is CN(C)P(=O)(Oc1c(C(=O)C(C)(C)C)cc(C#N)cc1C(=O)C(C)(C)C)N(C)C. The van der Waals surface area contributed by atoms with Crippen LogP contribution in [0.25, 0.3) is 0 Å². The Kier molecular flexibility index (Phi) is 7.25. The molecule has 1 aromatic rings. The molecule has 8 heteroatoms. The van der Waals surface area contributed by atoms with E-state index in [4.69, 9.17) is 4.52 Å². The quantitative estimate of drug-likeness (QED) is 0.489. The summed E-state index contributed by atoms with van der Waals surface area (Å²) in [4.78, 5) is 26.4. The van der Waals surface area contributed by atoms with Crippen molar-refractivity contribution in [2.24, 2.45) is 10.8 Å². The zero-order valence-corrected chi connectivity index (χ0v) is 20.0. The molecule has 0 saturated heterocycles. The van der Waals surface area contributed by atoms with Gasteiger partial charge in [0.15, 0.2) is 17.3 Å². The van der Waals surface area contributed by atoms with Crippen LogP contribution in [0.4, 0.5) is 0 Å². The van der Waals surface area contributed by atoms with E-state index in [1.54, 1.807) is 69.7 Å². The van der Waals surface area contributed by atoms with Crippen molar-refractivity contribution >= 4 is 19.2 Å². The van der Waals surface area contributed by atoms with Gasteiger partial charge in [-0.05, 0) is 40.3 Å². The van der Waals surface area contributed by atoms with E-state index in [0.29, 0.717) is 0 Å². The van der Waals surface area contributed by atoms with Crippen LogP contribution in [0, 0.1) is 22.2 Å². The van der Waals surface area contributed by atoms with Gasteiger partial charge in [0, 0.05) is 10.8 Å². The Hall–Kier alpha value is -2.00. The number of rotatable bonds is 6. The van der Waals surface area contributed by atoms with E-state index in [0.717, 1.165) is 0 Å². The number of nitriles is 1. The Balaban J connectivity index is 3.99. The van der Waals surface area contributed by atoms with Gasteiger partial charge in [0.2, 0.25) is 0 Å². The maximum atomic E-state index is 13.5. The van der Waals surface area contributed by atoms with Crippen LogP contribution in [0.1, 0.15) is 67.8 Å². The number of benzene rings is 1. The Morgan fingerprint density at radius 3 is 1.48 bits per heavy atom. The Morgan fingerprint density at radius 2 is 1.24 bits per heavy atom. The number of Topliss-reactive ketones (excluding diaryl/α,β-unsaturated/α-hetero) is 2. The summed E-state index contributed by atoms with van der Waals surface area (Å²) in [6.45, 7) is 10.4. The molecule has 0 aromatic heterocycles. The first-order valence-corrected chi connectivity index (χ1v) is 10.8. The van der Waals surface area contributed by atoms with Crippen LogP contribution < -0.4 is 4.52 Å². The molecule has 7 nitrogen and oxygen atoms in total. The van der Waals surface area contributed by atoms with Gasteiger partial charge in [-0.2, -0.15) is 5.26 Å². The first-order chi connectivity index (χ1) is 13.0. The van der Waals surface area contributed by atoms with Gasteiger partial charge in [-0.15, -0.1) is 0 Å². The largest absolute Gasteiger partial charge is 0.420 e. The molecule has 1 rings (SSSR count). The molecule has 0 amide bonds. The highest BCUT2D eigenvalue weighted by molar-refractivity contribution is 7.54. The topological polar surface area (TPSA) is 90.7 Å². The van der Waals surface area contributed by atoms with Gasteiger partial charge in [-0.25, -0.2) is 13.9 Å². The highest BCUT2D eigenvalue weighted by Gasteiger charge is 2.38. The minimum Gasteiger partial charge on any atom is -0.420 e. The van der Waals surface area contributed by atoms with Crippen LogP contribution in [0.5, 0.6) is 5.75 Å². The fourth-order valence-corrected chi connectivity index (χ4v) is 4.05. The van der Waals surface area contributed by atoms with Gasteiger partial charge in [0.05, 0.1) is 22.8 Å². The smallest absolute Gasteiger partial charge is 0.394 e. The number of ketones is 2. The second-order valence-electron chi connectivity index (χ2n) is 9.45. The van der Waals surface area contributed by atoms with Crippen LogP contribution in [-0.2, 0) is 4.57 Å². The van der Waals surface area contributed by atoms with E-state index >= 15 is 0 Å². The lowest BCUT2D eigenvalue weighted by Crippen LogP contribution is -2.28. The van der Waals surface area contributed by atoms with Gasteiger partial charge in [0.25, 0.3) is 0 Å². The molecule has 0 atom stereocenters. The first-order valence-electron chi connectivity index (χ1n) is 9.29. The van der Waals surface area contributed by atoms with Crippen LogP contribution in [0.3, 0.4) is 0 Å². The van der Waals surface area contributed by atoms with Crippen molar-refractivity contribution in [2.75, 3.05) is 28.2 Å². The maximum Gasteiger partial charge on any atom is 0.394 e. The van der Waals surface area contributed by atoms with Crippen molar-refractivity contribution in [3.05, 3.63) is 28.8 Å². The molecule has 0 aliphatic heterocycles. The number of carbonyl (C=O) groups excluding carboxylic acids is 2. The molecule has 0 bridgehead atoms. The van der Waals surface area contributed by atoms with E-state index in [9.17, 15) is 19.4 Å². The summed E-state index contributed by atoms with van der Waals surface area (Å²) in [7, 11) is 2.83. The molecule has 160 valence electrons. The number of carbonyl (C=O) groups is 2. The van der Waals surface area contributed by atoms with Gasteiger partial charge in [-0.1, -0.05) is 41.5 Å². The molecular weight excluding hydrogens is 389 g/mol. The zero-order valence-electron chi connectivity index (χ0n) is 19.1. The average molecular weight is 421 g/mol. The van der Waals surface area contributed by atoms with Gasteiger partial charge in [-0.3, -0.25) is 9.59 Å². The van der Waals surface area contributed by atoms with Crippen molar-refractivity contribution in [1.29, 1.82) is 5.26 Å². The lowest BCUT2D eigenvalue weighted by molar-refractivity contribution is 0.0852. The fourth-order valence-electron chi connectivity index (χ4n) is 2.58. The summed E-state index contributed by atoms with van der Waals surface area (Å²) < 4.78 is 22.3. The van der Waals surface area contributed by atoms with Crippen molar-refractivity contribution in [1.82, 2.24) is 9.34 Å². The normalized spacial score (nSPS) is 12.8. The van der Waals surface area contributed by atoms with Crippen molar-refractivity contribution in [3.8, 4) is 11.8 Å². The molecule has 0 spiro atoms. The predicted molar refractivity (Wildman–Crippen MR) is 114 cm³/mol. The fraction of sp³-hybridized carbons (Fsp3) is 0.571. The highest BCUT2D eigenvalue weighted by atomic mass is 31.2. The molecule has 0 radical (unpaired) electrons. The molecular formula is C21H32N3O4P. The first kappa shape index (κ1) is 25.0. The highest BCUT2D eigenvalue weighted by Crippen LogP contribution is 2.53. The third-order valence-electron chi connectivity index (χ3n) is 4.29. The predicted octanol–water partition coefficient (Wildman–Crippen LogP) is 4.63. The average Bonchev–Trinajstić information content (AvgIpc) is 2.58. The molecule has 1 aromatic carbocycles. The van der Waals surface area contributed by atoms with Gasteiger partial charge < -0.3 is 4.52 Å². The Labute approximate surface area is 174 Å². The molecule has 0 fully saturated rings. The number of hydrogen-bond donors (Lipinski definition) is 0. The molecule has 0 unspecified atom stereocenters. The van der Waals surface area contributed by atoms with E-state index in [1.165, 1.54) is 21.5 Å². The third-order valence-corrected chi connectivity index (χ3v) is 6.73. The molecule has 0 heterocycles. The van der Waals surface area contributed by atoms with Crippen LogP contribution in [0.2, 0.25) is 0 Å². The minimum atomic E-state index is -3.57.